The Morgan fingerprint density at radius 3 is 2.30 bits per heavy atom. The van der Waals surface area contributed by atoms with Gasteiger partial charge in [0.25, 0.3) is 5.69 Å². The first kappa shape index (κ1) is 16.8. The summed E-state index contributed by atoms with van der Waals surface area (Å²) in [5, 5.41) is 12.8. The van der Waals surface area contributed by atoms with E-state index < -0.39 is 4.92 Å². The number of nitro benzene ring substituents is 1. The van der Waals surface area contributed by atoms with Gasteiger partial charge >= 0.3 is 0 Å². The van der Waals surface area contributed by atoms with Crippen LogP contribution < -0.4 is 4.57 Å². The van der Waals surface area contributed by atoms with Gasteiger partial charge in [0, 0.05) is 29.1 Å². The number of hydrogen-bond acceptors (Lipinski definition) is 3. The summed E-state index contributed by atoms with van der Waals surface area (Å²) in [6, 6.07) is 15.5. The lowest BCUT2D eigenvalue weighted by atomic mass is 10.1. The number of ketones is 1. The molecule has 23 heavy (non-hydrogen) atoms. The maximum absolute atomic E-state index is 12.2. The number of aromatic nitrogens is 1. The van der Waals surface area contributed by atoms with Crippen LogP contribution in [0.5, 0.6) is 0 Å². The van der Waals surface area contributed by atoms with Gasteiger partial charge in [-0.3, -0.25) is 14.9 Å². The quantitative estimate of drug-likeness (QED) is 0.304. The zero-order chi connectivity index (χ0) is 15.5. The zero-order valence-electron chi connectivity index (χ0n) is 12.1. The molecule has 1 aromatic heterocycles. The number of fused-ring (bicyclic) bond motifs is 1. The van der Waals surface area contributed by atoms with Crippen LogP contribution in [0.4, 0.5) is 5.69 Å². The molecule has 0 aliphatic rings. The summed E-state index contributed by atoms with van der Waals surface area (Å²) in [7, 11) is 0. The highest BCUT2D eigenvalue weighted by molar-refractivity contribution is 8.93. The molecule has 1 heterocycles. The molecule has 0 spiro atoms. The van der Waals surface area contributed by atoms with Crippen molar-refractivity contribution in [2.75, 3.05) is 0 Å². The van der Waals surface area contributed by atoms with Crippen LogP contribution in [0.15, 0.2) is 67.0 Å². The highest BCUT2D eigenvalue weighted by Gasteiger charge is 2.14. The van der Waals surface area contributed by atoms with E-state index in [4.69, 9.17) is 0 Å². The van der Waals surface area contributed by atoms with Crippen molar-refractivity contribution in [3.8, 4) is 0 Å². The van der Waals surface area contributed by atoms with E-state index in [2.05, 4.69) is 0 Å². The summed E-state index contributed by atoms with van der Waals surface area (Å²) >= 11 is 0. The first-order valence-electron chi connectivity index (χ1n) is 6.79. The second-order valence-electron chi connectivity index (χ2n) is 4.97. The molecule has 0 saturated heterocycles. The predicted molar refractivity (Wildman–Crippen MR) is 91.9 cm³/mol. The van der Waals surface area contributed by atoms with Gasteiger partial charge in [0.1, 0.15) is 0 Å². The number of carbonyl (C=O) groups is 1. The number of nitrogens with zero attached hydrogens (tertiary/aromatic N) is 2. The van der Waals surface area contributed by atoms with Gasteiger partial charge in [-0.25, -0.2) is 0 Å². The fourth-order valence-corrected chi connectivity index (χ4v) is 2.30. The fourth-order valence-electron chi connectivity index (χ4n) is 2.30. The van der Waals surface area contributed by atoms with Crippen LogP contribution in [-0.2, 0) is 6.54 Å². The van der Waals surface area contributed by atoms with E-state index in [0.29, 0.717) is 5.56 Å². The number of non-ortho nitro benzene ring substituents is 1. The summed E-state index contributed by atoms with van der Waals surface area (Å²) in [4.78, 5) is 22.4. The normalized spacial score (nSPS) is 10.1. The fraction of sp³-hybridized carbons (Fsp3) is 0.0588. The summed E-state index contributed by atoms with van der Waals surface area (Å²) in [6.45, 7) is 0.197. The Bertz CT molecular complexity index is 863. The Morgan fingerprint density at radius 2 is 1.65 bits per heavy atom. The molecule has 5 nitrogen and oxygen atoms in total. The number of rotatable bonds is 4. The smallest absolute Gasteiger partial charge is 0.269 e. The van der Waals surface area contributed by atoms with Crippen molar-refractivity contribution in [1.29, 1.82) is 0 Å². The minimum atomic E-state index is -0.480. The SMILES string of the molecule is Br.O=C(C[n+]1ccc2ccccc2c1)c1ccc([N+](=O)[O-])cc1. The van der Waals surface area contributed by atoms with Gasteiger partial charge in [-0.15, -0.1) is 17.0 Å². The van der Waals surface area contributed by atoms with Crippen LogP contribution in [0.3, 0.4) is 0 Å². The molecule has 0 saturated carbocycles. The van der Waals surface area contributed by atoms with E-state index in [-0.39, 0.29) is 35.0 Å². The first-order valence-corrected chi connectivity index (χ1v) is 6.79. The zero-order valence-corrected chi connectivity index (χ0v) is 13.8. The predicted octanol–water partition coefficient (Wildman–Crippen LogP) is 3.50. The summed E-state index contributed by atoms with van der Waals surface area (Å²) in [5.41, 5.74) is 0.446. The molecule has 0 amide bonds. The third-order valence-electron chi connectivity index (χ3n) is 3.47. The van der Waals surface area contributed by atoms with E-state index in [1.807, 2.05) is 47.3 Å². The van der Waals surface area contributed by atoms with Crippen LogP contribution in [0.25, 0.3) is 10.8 Å². The molecule has 0 fully saturated rings. The second-order valence-corrected chi connectivity index (χ2v) is 4.97. The third-order valence-corrected chi connectivity index (χ3v) is 3.47. The van der Waals surface area contributed by atoms with E-state index in [1.54, 1.807) is 0 Å². The number of halogens is 1. The van der Waals surface area contributed by atoms with Crippen molar-refractivity contribution in [2.24, 2.45) is 0 Å². The van der Waals surface area contributed by atoms with Gasteiger partial charge in [-0.2, -0.15) is 4.57 Å². The largest absolute Gasteiger partial charge is 0.287 e. The minimum absolute atomic E-state index is 0. The number of carbonyl (C=O) groups excluding carboxylic acids is 1. The number of pyridine rings is 1. The van der Waals surface area contributed by atoms with Crippen molar-refractivity contribution in [1.82, 2.24) is 0 Å². The van der Waals surface area contributed by atoms with Gasteiger partial charge in [0.2, 0.25) is 12.3 Å². The van der Waals surface area contributed by atoms with E-state index >= 15 is 0 Å². The molecule has 0 N–H and O–H groups in total. The molecule has 6 heteroatoms. The molecular formula is C17H14BrN2O3+. The van der Waals surface area contributed by atoms with Crippen LogP contribution >= 0.6 is 17.0 Å². The molecule has 0 aliphatic heterocycles. The van der Waals surface area contributed by atoms with Gasteiger partial charge in [-0.1, -0.05) is 18.2 Å². The second kappa shape index (κ2) is 7.11. The summed E-state index contributed by atoms with van der Waals surface area (Å²) < 4.78 is 1.81. The van der Waals surface area contributed by atoms with Crippen molar-refractivity contribution < 1.29 is 14.3 Å². The third kappa shape index (κ3) is 3.78. The Labute approximate surface area is 143 Å². The highest BCUT2D eigenvalue weighted by Crippen LogP contribution is 2.13. The van der Waals surface area contributed by atoms with Crippen LogP contribution in [0, 0.1) is 10.1 Å². The maximum atomic E-state index is 12.2. The van der Waals surface area contributed by atoms with Crippen molar-refractivity contribution >= 4 is 39.2 Å². The van der Waals surface area contributed by atoms with Gasteiger partial charge < -0.3 is 0 Å². The van der Waals surface area contributed by atoms with E-state index in [0.717, 1.165) is 10.8 Å². The van der Waals surface area contributed by atoms with Gasteiger partial charge in [-0.05, 0) is 23.6 Å². The number of nitro groups is 1. The molecule has 0 radical (unpaired) electrons. The van der Waals surface area contributed by atoms with Crippen LogP contribution in [0.2, 0.25) is 0 Å². The molecule has 0 atom stereocenters. The van der Waals surface area contributed by atoms with Crippen molar-refractivity contribution in [2.45, 2.75) is 6.54 Å². The van der Waals surface area contributed by atoms with E-state index in [9.17, 15) is 14.9 Å². The lowest BCUT2D eigenvalue weighted by Crippen LogP contribution is -2.37. The first-order chi connectivity index (χ1) is 10.6. The van der Waals surface area contributed by atoms with Gasteiger partial charge in [0.05, 0.1) is 4.92 Å². The molecule has 3 rings (SSSR count). The van der Waals surface area contributed by atoms with Crippen molar-refractivity contribution in [3.63, 3.8) is 0 Å². The number of benzene rings is 2. The maximum Gasteiger partial charge on any atom is 0.269 e. The molecular weight excluding hydrogens is 360 g/mol. The Kier molecular flexibility index (Phi) is 5.18. The molecule has 2 aromatic carbocycles. The number of Topliss-reactive ketones (excluding diaryl/α,β-unsaturated/α-hetero) is 1. The summed E-state index contributed by atoms with van der Waals surface area (Å²) in [6.07, 6.45) is 3.77. The summed E-state index contributed by atoms with van der Waals surface area (Å²) in [5.74, 6) is -0.0878. The van der Waals surface area contributed by atoms with Crippen molar-refractivity contribution in [3.05, 3.63) is 82.7 Å². The van der Waals surface area contributed by atoms with E-state index in [1.165, 1.54) is 24.3 Å². The Morgan fingerprint density at radius 1 is 1.00 bits per heavy atom. The standard InChI is InChI=1S/C17H13N2O3.BrH/c20-17(14-5-7-16(8-6-14)19(21)22)12-18-10-9-13-3-1-2-4-15(13)11-18;/h1-11H,12H2;1H/q+1;. The van der Waals surface area contributed by atoms with Gasteiger partial charge in [0.15, 0.2) is 12.4 Å². The topological polar surface area (TPSA) is 64.1 Å². The Balaban J connectivity index is 0.00000192. The average molecular weight is 374 g/mol. The lowest BCUT2D eigenvalue weighted by Gasteiger charge is -2.00. The molecule has 0 unspecified atom stereocenters. The molecule has 0 bridgehead atoms. The molecule has 0 aliphatic carbocycles. The highest BCUT2D eigenvalue weighted by atomic mass is 79.9. The number of hydrogen-bond donors (Lipinski definition) is 0. The minimum Gasteiger partial charge on any atom is -0.287 e. The molecule has 116 valence electrons. The Hall–Kier alpha value is -2.60. The molecule has 3 aromatic rings. The van der Waals surface area contributed by atoms with Crippen LogP contribution in [-0.4, -0.2) is 10.7 Å². The average Bonchev–Trinajstić information content (AvgIpc) is 2.55. The lowest BCUT2D eigenvalue weighted by molar-refractivity contribution is -0.681. The monoisotopic (exact) mass is 373 g/mol. The van der Waals surface area contributed by atoms with Crippen LogP contribution in [0.1, 0.15) is 10.4 Å².